The van der Waals surface area contributed by atoms with E-state index in [-0.39, 0.29) is 11.7 Å². The number of rotatable bonds is 6. The second-order valence-electron chi connectivity index (χ2n) is 8.52. The van der Waals surface area contributed by atoms with E-state index in [9.17, 15) is 9.90 Å². The molecule has 0 radical (unpaired) electrons. The summed E-state index contributed by atoms with van der Waals surface area (Å²) in [6, 6.07) is 17.6. The van der Waals surface area contributed by atoms with E-state index >= 15 is 0 Å². The molecule has 1 fully saturated rings. The van der Waals surface area contributed by atoms with Crippen LogP contribution < -0.4 is 0 Å². The van der Waals surface area contributed by atoms with Crippen molar-refractivity contribution in [2.45, 2.75) is 38.7 Å². The summed E-state index contributed by atoms with van der Waals surface area (Å²) < 4.78 is 5.91. The summed E-state index contributed by atoms with van der Waals surface area (Å²) in [5.74, 6) is 0.988. The number of aromatic hydroxyl groups is 1. The van der Waals surface area contributed by atoms with Gasteiger partial charge >= 0.3 is 0 Å². The largest absolute Gasteiger partial charge is 0.508 e. The minimum Gasteiger partial charge on any atom is -0.508 e. The number of piperidine rings is 1. The molecular weight excluding hydrogens is 386 g/mol. The molecule has 0 spiro atoms. The lowest BCUT2D eigenvalue weighted by Crippen LogP contribution is -2.40. The Hall–Kier alpha value is -2.85. The number of phenolic OH excluding ortho intramolecular Hbond substituents is 1. The smallest absolute Gasteiger partial charge is 0.249 e. The average molecular weight is 418 g/mol. The van der Waals surface area contributed by atoms with Crippen LogP contribution in [0.15, 0.2) is 72.3 Å². The Balaban J connectivity index is 1.27. The fourth-order valence-corrected chi connectivity index (χ4v) is 4.35. The van der Waals surface area contributed by atoms with Gasteiger partial charge in [0, 0.05) is 25.3 Å². The summed E-state index contributed by atoms with van der Waals surface area (Å²) in [5.41, 5.74) is 4.44. The van der Waals surface area contributed by atoms with E-state index < -0.39 is 0 Å². The molecule has 162 valence electrons. The Morgan fingerprint density at radius 3 is 2.45 bits per heavy atom. The minimum absolute atomic E-state index is 0.187. The van der Waals surface area contributed by atoms with Crippen molar-refractivity contribution in [3.8, 4) is 5.75 Å². The van der Waals surface area contributed by atoms with Gasteiger partial charge in [-0.05, 0) is 66.9 Å². The normalized spacial score (nSPS) is 17.6. The Kier molecular flexibility index (Phi) is 7.21. The summed E-state index contributed by atoms with van der Waals surface area (Å²) in [4.78, 5) is 15.1. The van der Waals surface area contributed by atoms with Crippen LogP contribution in [0.4, 0.5) is 0 Å². The number of benzene rings is 2. The third kappa shape index (κ3) is 5.86. The molecule has 1 saturated heterocycles. The van der Waals surface area contributed by atoms with Crippen LogP contribution in [0, 0.1) is 5.92 Å². The number of ether oxygens (including phenoxy) is 1. The average Bonchev–Trinajstić information content (AvgIpc) is 3.07. The molecule has 1 aliphatic heterocycles. The van der Waals surface area contributed by atoms with Gasteiger partial charge in [-0.2, -0.15) is 0 Å². The fraction of sp³-hybridized carbons (Fsp3) is 0.370. The van der Waals surface area contributed by atoms with Crippen LogP contribution in [-0.4, -0.2) is 35.6 Å². The van der Waals surface area contributed by atoms with E-state index in [0.717, 1.165) is 62.9 Å². The highest BCUT2D eigenvalue weighted by atomic mass is 16.5. The van der Waals surface area contributed by atoms with Gasteiger partial charge in [-0.25, -0.2) is 0 Å². The lowest BCUT2D eigenvalue weighted by atomic mass is 9.96. The van der Waals surface area contributed by atoms with Crippen molar-refractivity contribution in [1.29, 1.82) is 0 Å². The first-order valence-corrected chi connectivity index (χ1v) is 11.3. The van der Waals surface area contributed by atoms with Gasteiger partial charge in [-0.1, -0.05) is 54.6 Å². The Labute approximate surface area is 184 Å². The molecule has 2 aliphatic rings. The van der Waals surface area contributed by atoms with Gasteiger partial charge in [0.2, 0.25) is 5.91 Å². The minimum atomic E-state index is 0.187. The van der Waals surface area contributed by atoms with Crippen LogP contribution in [0.5, 0.6) is 5.75 Å². The number of phenols is 1. The van der Waals surface area contributed by atoms with Crippen molar-refractivity contribution in [2.24, 2.45) is 5.92 Å². The zero-order valence-corrected chi connectivity index (χ0v) is 18.0. The molecule has 0 saturated carbocycles. The third-order valence-corrected chi connectivity index (χ3v) is 6.26. The van der Waals surface area contributed by atoms with Crippen molar-refractivity contribution in [1.82, 2.24) is 4.90 Å². The van der Waals surface area contributed by atoms with E-state index in [2.05, 4.69) is 18.2 Å². The maximum Gasteiger partial charge on any atom is 0.249 e. The van der Waals surface area contributed by atoms with Crippen LogP contribution in [-0.2, 0) is 16.1 Å². The quantitative estimate of drug-likeness (QED) is 0.690. The molecule has 2 aromatic rings. The number of nitrogens with zero attached hydrogens (tertiary/aromatic N) is 1. The number of carbonyl (C=O) groups is 1. The first-order valence-electron chi connectivity index (χ1n) is 11.3. The molecule has 0 bridgehead atoms. The van der Waals surface area contributed by atoms with Gasteiger partial charge in [0.05, 0.1) is 6.61 Å². The van der Waals surface area contributed by atoms with E-state index in [1.165, 1.54) is 11.1 Å². The van der Waals surface area contributed by atoms with Crippen molar-refractivity contribution >= 4 is 11.5 Å². The highest BCUT2D eigenvalue weighted by molar-refractivity contribution is 5.94. The zero-order chi connectivity index (χ0) is 21.5. The van der Waals surface area contributed by atoms with E-state index in [4.69, 9.17) is 4.74 Å². The first-order chi connectivity index (χ1) is 15.2. The van der Waals surface area contributed by atoms with Crippen LogP contribution in [0.25, 0.3) is 5.57 Å². The molecule has 31 heavy (non-hydrogen) atoms. The second-order valence-corrected chi connectivity index (χ2v) is 8.52. The lowest BCUT2D eigenvalue weighted by Gasteiger charge is -2.32. The molecule has 4 heteroatoms. The maximum absolute atomic E-state index is 13.1. The first kappa shape index (κ1) is 21.4. The monoisotopic (exact) mass is 417 g/mol. The molecule has 0 aromatic heterocycles. The van der Waals surface area contributed by atoms with E-state index in [0.29, 0.717) is 12.5 Å². The molecule has 4 nitrogen and oxygen atoms in total. The number of likely N-dealkylation sites (tertiary alicyclic amines) is 1. The van der Waals surface area contributed by atoms with Crippen LogP contribution in [0.1, 0.15) is 43.2 Å². The summed E-state index contributed by atoms with van der Waals surface area (Å²) in [6.07, 6.45) is 8.82. The van der Waals surface area contributed by atoms with Crippen molar-refractivity contribution < 1.29 is 14.6 Å². The van der Waals surface area contributed by atoms with Gasteiger partial charge in [-0.3, -0.25) is 4.79 Å². The van der Waals surface area contributed by atoms with Crippen molar-refractivity contribution in [3.05, 3.63) is 83.4 Å². The Bertz CT molecular complexity index is 923. The summed E-state index contributed by atoms with van der Waals surface area (Å²) in [5, 5.41) is 9.50. The molecule has 2 aromatic carbocycles. The molecule has 1 amide bonds. The molecule has 0 atom stereocenters. The molecule has 1 aliphatic carbocycles. The Morgan fingerprint density at radius 1 is 0.968 bits per heavy atom. The summed E-state index contributed by atoms with van der Waals surface area (Å²) >= 11 is 0. The second kappa shape index (κ2) is 10.5. The molecule has 4 rings (SSSR count). The predicted octanol–water partition coefficient (Wildman–Crippen LogP) is 5.34. The van der Waals surface area contributed by atoms with Gasteiger partial charge < -0.3 is 14.7 Å². The van der Waals surface area contributed by atoms with Crippen LogP contribution in [0.2, 0.25) is 0 Å². The van der Waals surface area contributed by atoms with Crippen molar-refractivity contribution in [2.75, 3.05) is 19.7 Å². The predicted molar refractivity (Wildman–Crippen MR) is 123 cm³/mol. The lowest BCUT2D eigenvalue weighted by molar-refractivity contribution is -0.129. The topological polar surface area (TPSA) is 49.8 Å². The molecule has 0 unspecified atom stereocenters. The zero-order valence-electron chi connectivity index (χ0n) is 18.0. The number of hydrogen-bond donors (Lipinski definition) is 1. The highest BCUT2D eigenvalue weighted by Crippen LogP contribution is 2.28. The van der Waals surface area contributed by atoms with Crippen LogP contribution >= 0.6 is 0 Å². The maximum atomic E-state index is 13.1. The third-order valence-electron chi connectivity index (χ3n) is 6.26. The van der Waals surface area contributed by atoms with E-state index in [1.54, 1.807) is 12.1 Å². The molecule has 1 heterocycles. The SMILES string of the molecule is O=C(C1=CC=C(c2ccc(O)cc2)CCC1)N1CCC(COCc2ccccc2)CC1. The Morgan fingerprint density at radius 2 is 1.71 bits per heavy atom. The van der Waals surface area contributed by atoms with Crippen molar-refractivity contribution in [3.63, 3.8) is 0 Å². The molecular formula is C27H31NO3. The number of allylic oxidation sites excluding steroid dienone is 3. The van der Waals surface area contributed by atoms with Gasteiger partial charge in [0.25, 0.3) is 0 Å². The molecule has 1 N–H and O–H groups in total. The fourth-order valence-electron chi connectivity index (χ4n) is 4.35. The summed E-state index contributed by atoms with van der Waals surface area (Å²) in [6.45, 7) is 3.04. The number of amides is 1. The summed E-state index contributed by atoms with van der Waals surface area (Å²) in [7, 11) is 0. The van der Waals surface area contributed by atoms with Gasteiger partial charge in [0.1, 0.15) is 5.75 Å². The van der Waals surface area contributed by atoms with E-state index in [1.807, 2.05) is 41.3 Å². The van der Waals surface area contributed by atoms with Gasteiger partial charge in [0.15, 0.2) is 0 Å². The standard InChI is InChI=1S/C27H31NO3/c29-26-13-11-24(12-14-26)23-7-4-8-25(10-9-23)27(30)28-17-15-22(16-18-28)20-31-19-21-5-2-1-3-6-21/h1-3,5-6,9-14,22,29H,4,7-8,15-20H2. The number of carbonyl (C=O) groups excluding carboxylic acids is 1. The number of hydrogen-bond acceptors (Lipinski definition) is 3. The highest BCUT2D eigenvalue weighted by Gasteiger charge is 2.25. The van der Waals surface area contributed by atoms with Crippen LogP contribution in [0.3, 0.4) is 0 Å². The van der Waals surface area contributed by atoms with Gasteiger partial charge in [-0.15, -0.1) is 0 Å².